The minimum atomic E-state index is -0.0906. The molecule has 7 heteroatoms. The number of anilines is 1. The van der Waals surface area contributed by atoms with Crippen LogP contribution in [0.2, 0.25) is 0 Å². The third-order valence-corrected chi connectivity index (χ3v) is 4.23. The number of rotatable bonds is 8. The second-order valence-corrected chi connectivity index (χ2v) is 6.19. The predicted octanol–water partition coefficient (Wildman–Crippen LogP) is 2.45. The van der Waals surface area contributed by atoms with Gasteiger partial charge in [-0.05, 0) is 50.1 Å². The normalized spacial score (nSPS) is 10.5. The van der Waals surface area contributed by atoms with Gasteiger partial charge in [-0.25, -0.2) is 0 Å². The highest BCUT2D eigenvalue weighted by Gasteiger charge is 2.12. The fourth-order valence-electron chi connectivity index (χ4n) is 2.49. The number of likely N-dealkylation sites (N-methyl/N-ethyl adjacent to an activating group) is 1. The molecule has 2 amide bonds. The van der Waals surface area contributed by atoms with E-state index in [0.29, 0.717) is 24.4 Å². The molecular weight excluding hydrogens is 332 g/mol. The van der Waals surface area contributed by atoms with Crippen LogP contribution in [-0.4, -0.2) is 47.1 Å². The summed E-state index contributed by atoms with van der Waals surface area (Å²) in [6, 6.07) is 6.97. The van der Waals surface area contributed by atoms with Crippen LogP contribution in [0.4, 0.5) is 5.69 Å². The first-order valence-corrected chi connectivity index (χ1v) is 8.67. The number of aromatic amines is 1. The van der Waals surface area contributed by atoms with Crippen molar-refractivity contribution in [2.45, 2.75) is 33.6 Å². The summed E-state index contributed by atoms with van der Waals surface area (Å²) < 4.78 is 5.54. The lowest BCUT2D eigenvalue weighted by Gasteiger charge is -2.17. The minimum Gasteiger partial charge on any atom is -0.484 e. The van der Waals surface area contributed by atoms with Gasteiger partial charge in [0.05, 0.1) is 5.69 Å². The summed E-state index contributed by atoms with van der Waals surface area (Å²) in [5.74, 6) is 0.452. The first-order valence-electron chi connectivity index (χ1n) is 8.67. The van der Waals surface area contributed by atoms with Crippen LogP contribution < -0.4 is 10.1 Å². The number of aromatic nitrogens is 2. The highest BCUT2D eigenvalue weighted by molar-refractivity contribution is 5.90. The molecule has 26 heavy (non-hydrogen) atoms. The van der Waals surface area contributed by atoms with Gasteiger partial charge in [0, 0.05) is 31.4 Å². The zero-order valence-electron chi connectivity index (χ0n) is 15.8. The van der Waals surface area contributed by atoms with E-state index in [2.05, 4.69) is 15.5 Å². The van der Waals surface area contributed by atoms with Crippen molar-refractivity contribution in [3.05, 3.63) is 41.2 Å². The van der Waals surface area contributed by atoms with Crippen molar-refractivity contribution < 1.29 is 14.3 Å². The third-order valence-electron chi connectivity index (χ3n) is 4.23. The number of hydrogen-bond donors (Lipinski definition) is 2. The highest BCUT2D eigenvalue weighted by Crippen LogP contribution is 2.16. The lowest BCUT2D eigenvalue weighted by atomic mass is 10.1. The Kier molecular flexibility index (Phi) is 6.77. The van der Waals surface area contributed by atoms with E-state index in [1.54, 1.807) is 43.1 Å². The SMILES string of the molecule is CCC(=O)Nc1ccc(OCC(=O)N(C)CCc2c(C)n[nH]c2C)cc1. The standard InChI is InChI=1S/C19H26N4O3/c1-5-18(24)20-15-6-8-16(9-7-15)26-12-19(25)23(4)11-10-17-13(2)21-22-14(17)3/h6-9H,5,10-12H2,1-4H3,(H,20,24)(H,21,22). The second kappa shape index (κ2) is 9.03. The monoisotopic (exact) mass is 358 g/mol. The van der Waals surface area contributed by atoms with Crippen molar-refractivity contribution in [1.29, 1.82) is 0 Å². The molecule has 0 aliphatic heterocycles. The summed E-state index contributed by atoms with van der Waals surface area (Å²) in [7, 11) is 1.76. The van der Waals surface area contributed by atoms with Gasteiger partial charge in [-0.3, -0.25) is 14.7 Å². The molecule has 0 aliphatic carbocycles. The van der Waals surface area contributed by atoms with Gasteiger partial charge in [0.15, 0.2) is 6.61 Å². The zero-order chi connectivity index (χ0) is 19.1. The maximum absolute atomic E-state index is 12.2. The van der Waals surface area contributed by atoms with E-state index in [1.165, 1.54) is 0 Å². The number of nitrogens with zero attached hydrogens (tertiary/aromatic N) is 2. The first-order chi connectivity index (χ1) is 12.4. The van der Waals surface area contributed by atoms with Crippen molar-refractivity contribution in [1.82, 2.24) is 15.1 Å². The van der Waals surface area contributed by atoms with Gasteiger partial charge < -0.3 is 15.0 Å². The largest absolute Gasteiger partial charge is 0.484 e. The van der Waals surface area contributed by atoms with Crippen LogP contribution in [0.15, 0.2) is 24.3 Å². The van der Waals surface area contributed by atoms with Gasteiger partial charge in [0.1, 0.15) is 5.75 Å². The van der Waals surface area contributed by atoms with Gasteiger partial charge in [-0.15, -0.1) is 0 Å². The zero-order valence-corrected chi connectivity index (χ0v) is 15.8. The number of nitrogens with one attached hydrogen (secondary N) is 2. The number of aryl methyl sites for hydroxylation is 2. The van der Waals surface area contributed by atoms with E-state index in [1.807, 2.05) is 13.8 Å². The summed E-state index contributed by atoms with van der Waals surface area (Å²) >= 11 is 0. The maximum atomic E-state index is 12.2. The molecule has 140 valence electrons. The molecular formula is C19H26N4O3. The predicted molar refractivity (Wildman–Crippen MR) is 100 cm³/mol. The average molecular weight is 358 g/mol. The number of carbonyl (C=O) groups is 2. The van der Waals surface area contributed by atoms with Crippen molar-refractivity contribution in [3.63, 3.8) is 0 Å². The molecule has 2 N–H and O–H groups in total. The molecule has 7 nitrogen and oxygen atoms in total. The van der Waals surface area contributed by atoms with Crippen LogP contribution in [0.5, 0.6) is 5.75 Å². The number of hydrogen-bond acceptors (Lipinski definition) is 4. The summed E-state index contributed by atoms with van der Waals surface area (Å²) in [6.07, 6.45) is 1.18. The molecule has 1 aromatic carbocycles. The summed E-state index contributed by atoms with van der Waals surface area (Å²) in [5, 5.41) is 9.88. The number of benzene rings is 1. The van der Waals surface area contributed by atoms with E-state index in [9.17, 15) is 9.59 Å². The van der Waals surface area contributed by atoms with E-state index < -0.39 is 0 Å². The molecule has 0 fully saturated rings. The fourth-order valence-corrected chi connectivity index (χ4v) is 2.49. The number of amides is 2. The quantitative estimate of drug-likeness (QED) is 0.759. The summed E-state index contributed by atoms with van der Waals surface area (Å²) in [6.45, 7) is 6.30. The Balaban J connectivity index is 1.79. The molecule has 0 atom stereocenters. The van der Waals surface area contributed by atoms with Gasteiger partial charge >= 0.3 is 0 Å². The Morgan fingerprint density at radius 1 is 1.23 bits per heavy atom. The van der Waals surface area contributed by atoms with E-state index in [4.69, 9.17) is 4.74 Å². The lowest BCUT2D eigenvalue weighted by Crippen LogP contribution is -2.33. The van der Waals surface area contributed by atoms with Gasteiger partial charge in [-0.2, -0.15) is 5.10 Å². The van der Waals surface area contributed by atoms with Crippen molar-refractivity contribution >= 4 is 17.5 Å². The smallest absolute Gasteiger partial charge is 0.260 e. The van der Waals surface area contributed by atoms with Crippen LogP contribution in [0.3, 0.4) is 0 Å². The summed E-state index contributed by atoms with van der Waals surface area (Å²) in [4.78, 5) is 25.2. The molecule has 2 aromatic rings. The van der Waals surface area contributed by atoms with Gasteiger partial charge in [0.2, 0.25) is 5.91 Å². The number of carbonyl (C=O) groups excluding carboxylic acids is 2. The Hall–Kier alpha value is -2.83. The average Bonchev–Trinajstić information content (AvgIpc) is 2.96. The Labute approximate surface area is 153 Å². The minimum absolute atomic E-state index is 0.0273. The lowest BCUT2D eigenvalue weighted by molar-refractivity contribution is -0.132. The van der Waals surface area contributed by atoms with Crippen LogP contribution in [0.25, 0.3) is 0 Å². The molecule has 0 bridgehead atoms. The van der Waals surface area contributed by atoms with E-state index in [0.717, 1.165) is 23.4 Å². The molecule has 2 rings (SSSR count). The Bertz CT molecular complexity index is 733. The van der Waals surface area contributed by atoms with Gasteiger partial charge in [-0.1, -0.05) is 6.92 Å². The topological polar surface area (TPSA) is 87.3 Å². The Morgan fingerprint density at radius 2 is 1.92 bits per heavy atom. The van der Waals surface area contributed by atoms with Crippen LogP contribution in [0, 0.1) is 13.8 Å². The molecule has 0 aliphatic rings. The van der Waals surface area contributed by atoms with Gasteiger partial charge in [0.25, 0.3) is 5.91 Å². The highest BCUT2D eigenvalue weighted by atomic mass is 16.5. The van der Waals surface area contributed by atoms with Crippen molar-refractivity contribution in [3.8, 4) is 5.75 Å². The Morgan fingerprint density at radius 3 is 2.50 bits per heavy atom. The molecule has 1 heterocycles. The molecule has 0 saturated heterocycles. The summed E-state index contributed by atoms with van der Waals surface area (Å²) in [5.41, 5.74) is 3.86. The van der Waals surface area contributed by atoms with Crippen LogP contribution in [-0.2, 0) is 16.0 Å². The van der Waals surface area contributed by atoms with E-state index >= 15 is 0 Å². The first kappa shape index (κ1) is 19.5. The third kappa shape index (κ3) is 5.34. The second-order valence-electron chi connectivity index (χ2n) is 6.19. The molecule has 0 radical (unpaired) electrons. The molecule has 1 aromatic heterocycles. The van der Waals surface area contributed by atoms with Crippen LogP contribution >= 0.6 is 0 Å². The maximum Gasteiger partial charge on any atom is 0.260 e. The molecule has 0 unspecified atom stereocenters. The van der Waals surface area contributed by atoms with Crippen molar-refractivity contribution in [2.75, 3.05) is 25.5 Å². The van der Waals surface area contributed by atoms with E-state index in [-0.39, 0.29) is 18.4 Å². The number of H-pyrrole nitrogens is 1. The van der Waals surface area contributed by atoms with Crippen LogP contribution in [0.1, 0.15) is 30.3 Å². The molecule has 0 spiro atoms. The fraction of sp³-hybridized carbons (Fsp3) is 0.421. The van der Waals surface area contributed by atoms with Crippen molar-refractivity contribution in [2.24, 2.45) is 0 Å². The molecule has 0 saturated carbocycles. The number of ether oxygens (including phenoxy) is 1.